The van der Waals surface area contributed by atoms with Crippen LogP contribution < -0.4 is 4.80 Å². The summed E-state index contributed by atoms with van der Waals surface area (Å²) in [5.41, 5.74) is 0.356. The number of allylic oxidation sites excluding steroid dienone is 1. The third-order valence-corrected chi connectivity index (χ3v) is 4.75. The first kappa shape index (κ1) is 18.1. The lowest BCUT2D eigenvalue weighted by atomic mass is 10.2. The molecular formula is C17H12N4O5S. The van der Waals surface area contributed by atoms with Crippen LogP contribution in [0.2, 0.25) is 0 Å². The number of nitrogens with zero attached hydrogens (tertiary/aromatic N) is 4. The van der Waals surface area contributed by atoms with Crippen molar-refractivity contribution in [3.8, 4) is 0 Å². The van der Waals surface area contributed by atoms with E-state index < -0.39 is 15.8 Å². The number of rotatable bonds is 5. The van der Waals surface area contributed by atoms with Crippen molar-refractivity contribution >= 4 is 38.8 Å². The number of thiazole rings is 1. The zero-order valence-corrected chi connectivity index (χ0v) is 14.6. The molecular weight excluding hydrogens is 372 g/mol. The van der Waals surface area contributed by atoms with Gasteiger partial charge in [0.05, 0.1) is 20.1 Å². The maximum Gasteiger partial charge on any atom is 0.279 e. The molecule has 0 aliphatic rings. The van der Waals surface area contributed by atoms with Crippen molar-refractivity contribution in [3.63, 3.8) is 0 Å². The minimum Gasteiger partial charge on any atom is -0.312 e. The number of non-ortho nitro benzene ring substituents is 2. The molecule has 2 aromatic carbocycles. The number of nitro benzene ring substituents is 2. The van der Waals surface area contributed by atoms with Crippen molar-refractivity contribution in [1.82, 2.24) is 4.57 Å². The maximum atomic E-state index is 12.5. The fraction of sp³-hybridized carbons (Fsp3) is 0.0588. The van der Waals surface area contributed by atoms with Crippen molar-refractivity contribution < 1.29 is 14.6 Å². The maximum absolute atomic E-state index is 12.5. The first-order chi connectivity index (χ1) is 12.9. The van der Waals surface area contributed by atoms with E-state index in [1.54, 1.807) is 16.7 Å². The van der Waals surface area contributed by atoms with Gasteiger partial charge < -0.3 is 4.57 Å². The Morgan fingerprint density at radius 1 is 1.15 bits per heavy atom. The normalized spacial score (nSPS) is 11.5. The second-order valence-corrected chi connectivity index (χ2v) is 6.43. The van der Waals surface area contributed by atoms with E-state index in [0.717, 1.165) is 6.07 Å². The van der Waals surface area contributed by atoms with Crippen LogP contribution >= 0.6 is 11.3 Å². The van der Waals surface area contributed by atoms with Crippen LogP contribution in [0.5, 0.6) is 0 Å². The van der Waals surface area contributed by atoms with E-state index in [1.807, 2.05) is 0 Å². The van der Waals surface area contributed by atoms with E-state index in [9.17, 15) is 25.0 Å². The summed E-state index contributed by atoms with van der Waals surface area (Å²) in [5, 5.41) is 21.9. The molecule has 0 spiro atoms. The molecule has 1 amide bonds. The van der Waals surface area contributed by atoms with Crippen LogP contribution in [0.1, 0.15) is 10.4 Å². The fourth-order valence-corrected chi connectivity index (χ4v) is 3.48. The second-order valence-electron chi connectivity index (χ2n) is 5.42. The Hall–Kier alpha value is -3.66. The van der Waals surface area contributed by atoms with Crippen molar-refractivity contribution in [2.24, 2.45) is 4.99 Å². The monoisotopic (exact) mass is 384 g/mol. The fourth-order valence-electron chi connectivity index (χ4n) is 2.47. The third kappa shape index (κ3) is 3.65. The average Bonchev–Trinajstić information content (AvgIpc) is 2.98. The van der Waals surface area contributed by atoms with Crippen LogP contribution in [-0.4, -0.2) is 20.3 Å². The summed E-state index contributed by atoms with van der Waals surface area (Å²) in [6.07, 6.45) is 1.59. The number of fused-ring (bicyclic) bond motifs is 1. The highest BCUT2D eigenvalue weighted by Crippen LogP contribution is 2.23. The summed E-state index contributed by atoms with van der Waals surface area (Å²) in [6, 6.07) is 9.67. The molecule has 136 valence electrons. The van der Waals surface area contributed by atoms with Crippen LogP contribution in [0.25, 0.3) is 10.2 Å². The SMILES string of the molecule is C=CCn1c(=NC(=O)c2cccc([N+](=O)[O-])c2)sc2ccc([N+](=O)[O-])cc21. The lowest BCUT2D eigenvalue weighted by Gasteiger charge is -2.01. The lowest BCUT2D eigenvalue weighted by Crippen LogP contribution is -2.16. The van der Waals surface area contributed by atoms with Gasteiger partial charge in [-0.25, -0.2) is 0 Å². The number of hydrogen-bond donors (Lipinski definition) is 0. The minimum absolute atomic E-state index is 0.0744. The Labute approximate surface area is 155 Å². The molecule has 3 aromatic rings. The number of nitro groups is 2. The van der Waals surface area contributed by atoms with Gasteiger partial charge in [0.15, 0.2) is 4.80 Å². The summed E-state index contributed by atoms with van der Waals surface area (Å²) in [7, 11) is 0. The van der Waals surface area contributed by atoms with Crippen LogP contribution in [0.4, 0.5) is 11.4 Å². The van der Waals surface area contributed by atoms with E-state index in [1.165, 1.54) is 41.7 Å². The molecule has 0 radical (unpaired) electrons. The summed E-state index contributed by atoms with van der Waals surface area (Å²) in [6.45, 7) is 3.95. The molecule has 0 bridgehead atoms. The number of aromatic nitrogens is 1. The van der Waals surface area contributed by atoms with Gasteiger partial charge in [0.25, 0.3) is 17.3 Å². The Morgan fingerprint density at radius 3 is 2.52 bits per heavy atom. The highest BCUT2D eigenvalue weighted by molar-refractivity contribution is 7.16. The highest BCUT2D eigenvalue weighted by atomic mass is 32.1. The molecule has 0 atom stereocenters. The first-order valence-electron chi connectivity index (χ1n) is 7.63. The number of carbonyl (C=O) groups excluding carboxylic acids is 1. The van der Waals surface area contributed by atoms with Crippen LogP contribution in [0.15, 0.2) is 60.1 Å². The summed E-state index contributed by atoms with van der Waals surface area (Å²) < 4.78 is 2.35. The van der Waals surface area contributed by atoms with Gasteiger partial charge >= 0.3 is 0 Å². The third-order valence-electron chi connectivity index (χ3n) is 3.69. The smallest absolute Gasteiger partial charge is 0.279 e. The van der Waals surface area contributed by atoms with Gasteiger partial charge in [-0.2, -0.15) is 4.99 Å². The molecule has 0 saturated heterocycles. The molecule has 0 aliphatic heterocycles. The van der Waals surface area contributed by atoms with Crippen molar-refractivity contribution in [2.75, 3.05) is 0 Å². The molecule has 3 rings (SSSR count). The van der Waals surface area contributed by atoms with Crippen LogP contribution in [0, 0.1) is 20.2 Å². The van der Waals surface area contributed by atoms with Crippen LogP contribution in [0.3, 0.4) is 0 Å². The topological polar surface area (TPSA) is 121 Å². The summed E-state index contributed by atoms with van der Waals surface area (Å²) in [5.74, 6) is -0.641. The predicted octanol–water partition coefficient (Wildman–Crippen LogP) is 3.45. The molecule has 27 heavy (non-hydrogen) atoms. The quantitative estimate of drug-likeness (QED) is 0.379. The largest absolute Gasteiger partial charge is 0.312 e. The highest BCUT2D eigenvalue weighted by Gasteiger charge is 2.14. The van der Waals surface area contributed by atoms with Gasteiger partial charge in [-0.05, 0) is 12.1 Å². The van der Waals surface area contributed by atoms with E-state index in [0.29, 0.717) is 21.6 Å². The minimum atomic E-state index is -0.641. The van der Waals surface area contributed by atoms with E-state index in [-0.39, 0.29) is 16.9 Å². The molecule has 0 aliphatic carbocycles. The molecule has 0 fully saturated rings. The number of amides is 1. The second kappa shape index (κ2) is 7.30. The first-order valence-corrected chi connectivity index (χ1v) is 8.44. The molecule has 0 N–H and O–H groups in total. The Morgan fingerprint density at radius 2 is 1.85 bits per heavy atom. The van der Waals surface area contributed by atoms with Gasteiger partial charge in [-0.15, -0.1) is 6.58 Å². The molecule has 9 nitrogen and oxygen atoms in total. The number of hydrogen-bond acceptors (Lipinski definition) is 6. The zero-order chi connectivity index (χ0) is 19.6. The van der Waals surface area contributed by atoms with Gasteiger partial charge in [0, 0.05) is 36.4 Å². The molecule has 0 unspecified atom stereocenters. The van der Waals surface area contributed by atoms with Crippen LogP contribution in [-0.2, 0) is 6.54 Å². The molecule has 1 heterocycles. The number of carbonyl (C=O) groups is 1. The van der Waals surface area contributed by atoms with E-state index in [4.69, 9.17) is 0 Å². The average molecular weight is 384 g/mol. The van der Waals surface area contributed by atoms with E-state index in [2.05, 4.69) is 11.6 Å². The molecule has 10 heteroatoms. The van der Waals surface area contributed by atoms with Gasteiger partial charge in [-0.1, -0.05) is 23.5 Å². The summed E-state index contributed by atoms with van der Waals surface area (Å²) in [4.78, 5) is 37.7. The van der Waals surface area contributed by atoms with Gasteiger partial charge in [0.1, 0.15) is 0 Å². The number of benzene rings is 2. The Balaban J connectivity index is 2.14. The van der Waals surface area contributed by atoms with Gasteiger partial charge in [0.2, 0.25) is 0 Å². The van der Waals surface area contributed by atoms with Crippen molar-refractivity contribution in [2.45, 2.75) is 6.54 Å². The van der Waals surface area contributed by atoms with Crippen molar-refractivity contribution in [1.29, 1.82) is 0 Å². The molecule has 0 saturated carbocycles. The van der Waals surface area contributed by atoms with Gasteiger partial charge in [-0.3, -0.25) is 25.0 Å². The predicted molar refractivity (Wildman–Crippen MR) is 99.7 cm³/mol. The van der Waals surface area contributed by atoms with Crippen molar-refractivity contribution in [3.05, 3.63) is 85.7 Å². The standard InChI is InChI=1S/C17H12N4O5S/c1-2-8-19-14-10-13(21(25)26)6-7-15(14)27-17(19)18-16(22)11-4-3-5-12(9-11)20(23)24/h2-7,9-10H,1,8H2. The zero-order valence-electron chi connectivity index (χ0n) is 13.8. The summed E-state index contributed by atoms with van der Waals surface area (Å²) >= 11 is 1.19. The van der Waals surface area contributed by atoms with E-state index >= 15 is 0 Å². The molecule has 1 aromatic heterocycles. The Kier molecular flexibility index (Phi) is 4.90. The lowest BCUT2D eigenvalue weighted by molar-refractivity contribution is -0.385. The Bertz CT molecular complexity index is 1160.